The summed E-state index contributed by atoms with van der Waals surface area (Å²) in [6.45, 7) is 2.77. The quantitative estimate of drug-likeness (QED) is 0.196. The number of nitrogens with zero attached hydrogens (tertiary/aromatic N) is 4. The molecule has 0 spiro atoms. The zero-order valence-corrected chi connectivity index (χ0v) is 23.5. The number of rotatable bonds is 11. The molecule has 0 unspecified atom stereocenters. The molecule has 5 N–H and O–H groups in total. The average Bonchev–Trinajstić information content (AvgIpc) is 3.50. The highest BCUT2D eigenvalue weighted by Gasteiger charge is 2.53. The number of unbranched alkanes of at least 4 members (excludes halogenated alkanes) is 2. The number of pyridine rings is 1. The summed E-state index contributed by atoms with van der Waals surface area (Å²) in [6.07, 6.45) is 5.33. The number of anilines is 2. The second-order valence-electron chi connectivity index (χ2n) is 10.9. The van der Waals surface area contributed by atoms with Crippen LogP contribution in [-0.4, -0.2) is 68.4 Å². The number of methoxy groups -OCH3 is 1. The predicted molar refractivity (Wildman–Crippen MR) is 156 cm³/mol. The number of aliphatic hydroxyl groups excluding tert-OH is 2. The van der Waals surface area contributed by atoms with Crippen molar-refractivity contribution in [2.24, 2.45) is 5.41 Å². The summed E-state index contributed by atoms with van der Waals surface area (Å²) >= 11 is 0. The maximum atomic E-state index is 12.1. The van der Waals surface area contributed by atoms with Crippen LogP contribution in [0.2, 0.25) is 0 Å². The molecular weight excluding hydrogens is 524 g/mol. The van der Waals surface area contributed by atoms with Crippen LogP contribution in [0.15, 0.2) is 48.9 Å². The van der Waals surface area contributed by atoms with Gasteiger partial charge in [0.2, 0.25) is 0 Å². The van der Waals surface area contributed by atoms with Crippen molar-refractivity contribution in [2.75, 3.05) is 31.4 Å². The molecule has 0 saturated heterocycles. The summed E-state index contributed by atoms with van der Waals surface area (Å²) in [6, 6.07) is 11.1. The zero-order chi connectivity index (χ0) is 29.0. The molecule has 11 heteroatoms. The van der Waals surface area contributed by atoms with Gasteiger partial charge < -0.3 is 30.0 Å². The van der Waals surface area contributed by atoms with E-state index < -0.39 is 29.8 Å². The van der Waals surface area contributed by atoms with Crippen LogP contribution in [0, 0.1) is 5.41 Å². The first-order chi connectivity index (χ1) is 19.8. The largest absolute Gasteiger partial charge is 0.449 e. The molecule has 4 aromatic rings. The number of nitrogen functional groups attached to an aromatic ring is 1. The fraction of sp³-hybridized carbons (Fsp3) is 0.467. The highest BCUT2D eigenvalue weighted by atomic mass is 16.5. The van der Waals surface area contributed by atoms with E-state index in [1.54, 1.807) is 13.2 Å². The number of benzene rings is 1. The maximum Gasteiger partial charge on any atom is 0.412 e. The number of aliphatic hydroxyl groups is 2. The molecule has 1 fully saturated rings. The minimum absolute atomic E-state index is 0.290. The summed E-state index contributed by atoms with van der Waals surface area (Å²) < 4.78 is 12.7. The van der Waals surface area contributed by atoms with Crippen LogP contribution in [0.3, 0.4) is 0 Å². The van der Waals surface area contributed by atoms with Crippen molar-refractivity contribution in [3.05, 3.63) is 54.5 Å². The van der Waals surface area contributed by atoms with Crippen LogP contribution in [0.4, 0.5) is 16.4 Å². The number of aryl methyl sites for hydroxylation is 1. The smallest absolute Gasteiger partial charge is 0.412 e. The predicted octanol–water partition coefficient (Wildman–Crippen LogP) is 4.23. The SMILES string of the molecule is CCCCCOC(=O)Nc1ccc2ccc(CC[C@@]3(COC)C[C@@H](n4ccc5c(N)ncnc54)[C@H](O)[C@@H]3O)cc2n1. The second kappa shape index (κ2) is 12.4. The molecule has 3 aromatic heterocycles. The van der Waals surface area contributed by atoms with E-state index in [2.05, 4.69) is 27.2 Å². The molecule has 1 aliphatic carbocycles. The second-order valence-corrected chi connectivity index (χ2v) is 10.9. The lowest BCUT2D eigenvalue weighted by atomic mass is 9.79. The van der Waals surface area contributed by atoms with Gasteiger partial charge in [0.05, 0.1) is 36.3 Å². The van der Waals surface area contributed by atoms with Gasteiger partial charge >= 0.3 is 6.09 Å². The van der Waals surface area contributed by atoms with Gasteiger partial charge in [-0.25, -0.2) is 19.7 Å². The Balaban J connectivity index is 1.31. The molecule has 11 nitrogen and oxygen atoms in total. The number of hydrogen-bond acceptors (Lipinski definition) is 9. The number of nitrogens with two attached hydrogens (primary N) is 1. The van der Waals surface area contributed by atoms with Gasteiger partial charge in [0, 0.05) is 24.1 Å². The number of nitrogens with one attached hydrogen (secondary N) is 1. The number of aromatic nitrogens is 4. The first-order valence-corrected chi connectivity index (χ1v) is 14.1. The molecule has 5 rings (SSSR count). The van der Waals surface area contributed by atoms with Gasteiger partial charge in [-0.2, -0.15) is 0 Å². The Kier molecular flexibility index (Phi) is 8.67. The van der Waals surface area contributed by atoms with Gasteiger partial charge in [0.1, 0.15) is 29.7 Å². The van der Waals surface area contributed by atoms with Gasteiger partial charge in [-0.05, 0) is 55.5 Å². The standard InChI is InChI=1S/C30H38N6O5/c1-3-4-5-14-41-29(39)35-24-9-8-20-7-6-19(15-22(20)34-24)10-12-30(17-40-2)16-23(25(37)26(30)38)36-13-11-21-27(31)32-18-33-28(21)36/h6-9,11,13,15,18,23,25-26,37-38H,3-5,10,12,14,16-17H2,1-2H3,(H2,31,32,33)(H,34,35,39)/t23-,25+,26+,30+/m1/s1. The van der Waals surface area contributed by atoms with Crippen molar-refractivity contribution in [1.82, 2.24) is 19.5 Å². The van der Waals surface area contributed by atoms with Gasteiger partial charge in [0.25, 0.3) is 0 Å². The molecule has 1 aromatic carbocycles. The lowest BCUT2D eigenvalue weighted by Gasteiger charge is -2.32. The molecule has 0 aliphatic heterocycles. The molecule has 1 saturated carbocycles. The third-order valence-corrected chi connectivity index (χ3v) is 8.17. The van der Waals surface area contributed by atoms with Crippen LogP contribution in [0.25, 0.3) is 21.9 Å². The minimum atomic E-state index is -1.01. The lowest BCUT2D eigenvalue weighted by Crippen LogP contribution is -2.40. The number of fused-ring (bicyclic) bond motifs is 2. The van der Waals surface area contributed by atoms with Crippen molar-refractivity contribution in [1.29, 1.82) is 0 Å². The average molecular weight is 563 g/mol. The third-order valence-electron chi connectivity index (χ3n) is 8.17. The van der Waals surface area contributed by atoms with E-state index in [1.165, 1.54) is 6.33 Å². The van der Waals surface area contributed by atoms with E-state index in [-0.39, 0.29) is 6.61 Å². The Morgan fingerprint density at radius 1 is 1.20 bits per heavy atom. The molecular formula is C30H38N6O5. The highest BCUT2D eigenvalue weighted by Crippen LogP contribution is 2.48. The summed E-state index contributed by atoms with van der Waals surface area (Å²) in [7, 11) is 1.61. The monoisotopic (exact) mass is 562 g/mol. The summed E-state index contributed by atoms with van der Waals surface area (Å²) in [5, 5.41) is 26.9. The van der Waals surface area contributed by atoms with E-state index in [1.807, 2.05) is 41.1 Å². The van der Waals surface area contributed by atoms with E-state index >= 15 is 0 Å². The van der Waals surface area contributed by atoms with E-state index in [0.717, 1.165) is 35.7 Å². The highest BCUT2D eigenvalue weighted by molar-refractivity contribution is 5.87. The van der Waals surface area contributed by atoms with E-state index in [0.29, 0.717) is 48.5 Å². The number of carbonyl (C=O) groups excluding carboxylic acids is 1. The molecule has 41 heavy (non-hydrogen) atoms. The van der Waals surface area contributed by atoms with Crippen LogP contribution in [-0.2, 0) is 15.9 Å². The summed E-state index contributed by atoms with van der Waals surface area (Å²) in [5.41, 5.74) is 7.73. The van der Waals surface area contributed by atoms with Crippen LogP contribution in [0.5, 0.6) is 0 Å². The van der Waals surface area contributed by atoms with Crippen molar-refractivity contribution in [2.45, 2.75) is 63.7 Å². The topological polar surface area (TPSA) is 158 Å². The molecule has 3 heterocycles. The maximum absolute atomic E-state index is 12.1. The first-order valence-electron chi connectivity index (χ1n) is 14.1. The number of carbonyl (C=O) groups is 1. The Hall–Kier alpha value is -3.80. The van der Waals surface area contributed by atoms with Crippen LogP contribution in [0.1, 0.15) is 50.6 Å². The van der Waals surface area contributed by atoms with Crippen molar-refractivity contribution < 1.29 is 24.5 Å². The number of ether oxygens (including phenoxy) is 2. The van der Waals surface area contributed by atoms with Crippen molar-refractivity contribution in [3.8, 4) is 0 Å². The molecule has 1 amide bonds. The Bertz CT molecular complexity index is 1510. The van der Waals surface area contributed by atoms with E-state index in [4.69, 9.17) is 15.2 Å². The molecule has 1 aliphatic rings. The molecule has 4 atom stereocenters. The summed E-state index contributed by atoms with van der Waals surface area (Å²) in [4.78, 5) is 25.2. The van der Waals surface area contributed by atoms with Crippen molar-refractivity contribution >= 4 is 39.7 Å². The first kappa shape index (κ1) is 28.7. The van der Waals surface area contributed by atoms with Crippen LogP contribution < -0.4 is 11.1 Å². The molecule has 0 bridgehead atoms. The van der Waals surface area contributed by atoms with Gasteiger partial charge in [-0.1, -0.05) is 31.9 Å². The normalized spacial score (nSPS) is 22.4. The molecule has 218 valence electrons. The summed E-state index contributed by atoms with van der Waals surface area (Å²) in [5.74, 6) is 0.795. The fourth-order valence-electron chi connectivity index (χ4n) is 5.94. The number of hydrogen-bond donors (Lipinski definition) is 4. The Morgan fingerprint density at radius 3 is 2.83 bits per heavy atom. The van der Waals surface area contributed by atoms with Crippen LogP contribution >= 0.6 is 0 Å². The Morgan fingerprint density at radius 2 is 2.02 bits per heavy atom. The van der Waals surface area contributed by atoms with E-state index in [9.17, 15) is 15.0 Å². The van der Waals surface area contributed by atoms with Gasteiger partial charge in [0.15, 0.2) is 0 Å². The van der Waals surface area contributed by atoms with Gasteiger partial charge in [-0.3, -0.25) is 5.32 Å². The van der Waals surface area contributed by atoms with Gasteiger partial charge in [-0.15, -0.1) is 0 Å². The Labute approximate surface area is 238 Å². The molecule has 0 radical (unpaired) electrons. The third kappa shape index (κ3) is 5.97. The minimum Gasteiger partial charge on any atom is -0.449 e. The lowest BCUT2D eigenvalue weighted by molar-refractivity contribution is -0.0598. The fourth-order valence-corrected chi connectivity index (χ4v) is 5.94. The van der Waals surface area contributed by atoms with Crippen molar-refractivity contribution in [3.63, 3.8) is 0 Å². The zero-order valence-electron chi connectivity index (χ0n) is 23.5. The number of amides is 1.